The first-order valence-corrected chi connectivity index (χ1v) is 4.45. The summed E-state index contributed by atoms with van der Waals surface area (Å²) in [4.78, 5) is 10.8. The van der Waals surface area contributed by atoms with Gasteiger partial charge in [-0.3, -0.25) is 4.79 Å². The Hall–Kier alpha value is -0.770. The summed E-state index contributed by atoms with van der Waals surface area (Å²) in [5.41, 5.74) is 0. The van der Waals surface area contributed by atoms with E-state index in [2.05, 4.69) is 14.2 Å². The van der Waals surface area contributed by atoms with Gasteiger partial charge in [0, 0.05) is 14.0 Å². The molecule has 0 aromatic carbocycles. The zero-order chi connectivity index (χ0) is 12.6. The maximum absolute atomic E-state index is 10.8. The standard InChI is InChI=1S/C8H14O8/c1-4(10)15-7(3-9)8(13,14-2)5(11)6(12)16-7/h5-6,9,11-13H,3H2,1-2H3/t5-,6+,7-,8+/m1/s1. The van der Waals surface area contributed by atoms with Crippen molar-refractivity contribution in [2.75, 3.05) is 13.7 Å². The lowest BCUT2D eigenvalue weighted by Gasteiger charge is -2.37. The van der Waals surface area contributed by atoms with Crippen molar-refractivity contribution in [2.24, 2.45) is 0 Å². The van der Waals surface area contributed by atoms with Crippen LogP contribution >= 0.6 is 0 Å². The topological polar surface area (TPSA) is 126 Å². The van der Waals surface area contributed by atoms with Crippen LogP contribution in [0.15, 0.2) is 0 Å². The second kappa shape index (κ2) is 4.24. The molecule has 4 atom stereocenters. The minimum atomic E-state index is -2.55. The molecule has 94 valence electrons. The quantitative estimate of drug-likeness (QED) is 0.309. The molecular formula is C8H14O8. The Labute approximate surface area is 91.0 Å². The normalized spacial score (nSPS) is 43.4. The summed E-state index contributed by atoms with van der Waals surface area (Å²) < 4.78 is 13.8. The van der Waals surface area contributed by atoms with Crippen molar-refractivity contribution >= 4 is 5.97 Å². The van der Waals surface area contributed by atoms with Gasteiger partial charge in [-0.15, -0.1) is 0 Å². The van der Waals surface area contributed by atoms with Crippen molar-refractivity contribution in [1.29, 1.82) is 0 Å². The molecule has 0 aromatic rings. The zero-order valence-corrected chi connectivity index (χ0v) is 8.78. The smallest absolute Gasteiger partial charge is 0.305 e. The van der Waals surface area contributed by atoms with Gasteiger partial charge in [-0.2, -0.15) is 0 Å². The molecule has 1 aliphatic heterocycles. The fourth-order valence-corrected chi connectivity index (χ4v) is 1.55. The molecule has 1 rings (SSSR count). The molecule has 1 fully saturated rings. The van der Waals surface area contributed by atoms with Gasteiger partial charge in [0.05, 0.1) is 0 Å². The Morgan fingerprint density at radius 3 is 2.44 bits per heavy atom. The lowest BCUT2D eigenvalue weighted by Crippen LogP contribution is -2.61. The summed E-state index contributed by atoms with van der Waals surface area (Å²) in [6.45, 7) is 0.0129. The fourth-order valence-electron chi connectivity index (χ4n) is 1.55. The maximum Gasteiger partial charge on any atom is 0.305 e. The summed E-state index contributed by atoms with van der Waals surface area (Å²) in [7, 11) is 0.999. The molecule has 1 aliphatic rings. The van der Waals surface area contributed by atoms with Gasteiger partial charge in [0.2, 0.25) is 0 Å². The Bertz CT molecular complexity index is 281. The van der Waals surface area contributed by atoms with Crippen LogP contribution in [0.1, 0.15) is 6.92 Å². The Balaban J connectivity index is 3.12. The molecule has 0 unspecified atom stereocenters. The van der Waals surface area contributed by atoms with E-state index < -0.39 is 36.5 Å². The average molecular weight is 238 g/mol. The number of carbonyl (C=O) groups is 1. The number of methoxy groups -OCH3 is 1. The second-order valence-corrected chi connectivity index (χ2v) is 3.36. The van der Waals surface area contributed by atoms with Gasteiger partial charge in [0.25, 0.3) is 11.6 Å². The SMILES string of the molecule is CO[C@@]1(O)[C@H](O)[C@@H](O)O[C@@]1(CO)OC(C)=O. The highest BCUT2D eigenvalue weighted by atomic mass is 16.8. The first-order valence-electron chi connectivity index (χ1n) is 4.45. The summed E-state index contributed by atoms with van der Waals surface area (Å²) in [5, 5.41) is 37.7. The van der Waals surface area contributed by atoms with E-state index in [0.717, 1.165) is 14.0 Å². The van der Waals surface area contributed by atoms with Gasteiger partial charge in [0.15, 0.2) is 12.4 Å². The highest BCUT2D eigenvalue weighted by molar-refractivity contribution is 5.66. The number of aliphatic hydroxyl groups is 4. The van der Waals surface area contributed by atoms with Crippen LogP contribution in [0.4, 0.5) is 0 Å². The zero-order valence-electron chi connectivity index (χ0n) is 8.78. The van der Waals surface area contributed by atoms with Crippen LogP contribution in [0.25, 0.3) is 0 Å². The summed E-state index contributed by atoms with van der Waals surface area (Å²) in [6, 6.07) is 0. The second-order valence-electron chi connectivity index (χ2n) is 3.36. The van der Waals surface area contributed by atoms with E-state index in [-0.39, 0.29) is 0 Å². The van der Waals surface area contributed by atoms with Crippen LogP contribution in [-0.4, -0.2) is 64.1 Å². The van der Waals surface area contributed by atoms with Crippen LogP contribution in [0.3, 0.4) is 0 Å². The van der Waals surface area contributed by atoms with Crippen molar-refractivity contribution in [3.63, 3.8) is 0 Å². The van der Waals surface area contributed by atoms with Gasteiger partial charge < -0.3 is 34.6 Å². The van der Waals surface area contributed by atoms with Gasteiger partial charge in [-0.25, -0.2) is 0 Å². The molecule has 4 N–H and O–H groups in total. The van der Waals surface area contributed by atoms with E-state index in [4.69, 9.17) is 5.11 Å². The van der Waals surface area contributed by atoms with Crippen LogP contribution < -0.4 is 0 Å². The molecule has 0 aliphatic carbocycles. The highest BCUT2D eigenvalue weighted by Crippen LogP contribution is 2.40. The van der Waals surface area contributed by atoms with E-state index >= 15 is 0 Å². The number of aliphatic hydroxyl groups excluding tert-OH is 3. The summed E-state index contributed by atoms with van der Waals surface area (Å²) >= 11 is 0. The molecule has 0 bridgehead atoms. The molecule has 8 nitrogen and oxygen atoms in total. The fraction of sp³-hybridized carbons (Fsp3) is 0.875. The number of carbonyl (C=O) groups excluding carboxylic acids is 1. The van der Waals surface area contributed by atoms with Gasteiger partial charge in [-0.05, 0) is 0 Å². The Morgan fingerprint density at radius 2 is 2.06 bits per heavy atom. The van der Waals surface area contributed by atoms with Gasteiger partial charge >= 0.3 is 5.97 Å². The first-order chi connectivity index (χ1) is 7.33. The minimum absolute atomic E-state index is 0.883. The van der Waals surface area contributed by atoms with E-state index in [1.54, 1.807) is 0 Å². The predicted molar refractivity (Wildman–Crippen MR) is 46.6 cm³/mol. The van der Waals surface area contributed by atoms with Crippen molar-refractivity contribution in [2.45, 2.75) is 30.9 Å². The number of ether oxygens (including phenoxy) is 3. The van der Waals surface area contributed by atoms with E-state index in [1.165, 1.54) is 0 Å². The molecule has 0 radical (unpaired) electrons. The van der Waals surface area contributed by atoms with E-state index in [1.807, 2.05) is 0 Å². The van der Waals surface area contributed by atoms with E-state index in [0.29, 0.717) is 0 Å². The molecule has 0 saturated carbocycles. The highest BCUT2D eigenvalue weighted by Gasteiger charge is 2.69. The van der Waals surface area contributed by atoms with Crippen molar-refractivity contribution in [3.05, 3.63) is 0 Å². The number of esters is 1. The summed E-state index contributed by atoms with van der Waals surface area (Å²) in [6.07, 6.45) is -3.74. The monoisotopic (exact) mass is 238 g/mol. The molecule has 0 aromatic heterocycles. The van der Waals surface area contributed by atoms with Gasteiger partial charge in [0.1, 0.15) is 6.61 Å². The maximum atomic E-state index is 10.8. The largest absolute Gasteiger partial charge is 0.424 e. The molecule has 1 heterocycles. The lowest BCUT2D eigenvalue weighted by molar-refractivity contribution is -0.366. The van der Waals surface area contributed by atoms with Crippen LogP contribution in [0, 0.1) is 0 Å². The van der Waals surface area contributed by atoms with E-state index in [9.17, 15) is 20.1 Å². The average Bonchev–Trinajstić information content (AvgIpc) is 2.41. The third-order valence-electron chi connectivity index (χ3n) is 2.36. The third-order valence-corrected chi connectivity index (χ3v) is 2.36. The van der Waals surface area contributed by atoms with Crippen molar-refractivity contribution in [3.8, 4) is 0 Å². The lowest BCUT2D eigenvalue weighted by atomic mass is 10.0. The van der Waals surface area contributed by atoms with Crippen LogP contribution in [0.5, 0.6) is 0 Å². The predicted octanol–water partition coefficient (Wildman–Crippen LogP) is -2.72. The molecule has 8 heteroatoms. The Kier molecular flexibility index (Phi) is 3.53. The number of hydrogen-bond donors (Lipinski definition) is 4. The molecule has 16 heavy (non-hydrogen) atoms. The molecule has 0 amide bonds. The molecular weight excluding hydrogens is 224 g/mol. The molecule has 0 spiro atoms. The third kappa shape index (κ3) is 1.69. The molecule has 1 saturated heterocycles. The number of rotatable bonds is 3. The van der Waals surface area contributed by atoms with Crippen molar-refractivity contribution < 1.29 is 39.4 Å². The van der Waals surface area contributed by atoms with Crippen molar-refractivity contribution in [1.82, 2.24) is 0 Å². The summed E-state index contributed by atoms with van der Waals surface area (Å²) in [5.74, 6) is -5.79. The van der Waals surface area contributed by atoms with Crippen LogP contribution in [-0.2, 0) is 19.0 Å². The number of hydrogen-bond acceptors (Lipinski definition) is 8. The Morgan fingerprint density at radius 1 is 1.50 bits per heavy atom. The first kappa shape index (κ1) is 13.3. The van der Waals surface area contributed by atoms with Crippen LogP contribution in [0.2, 0.25) is 0 Å². The minimum Gasteiger partial charge on any atom is -0.424 e. The van der Waals surface area contributed by atoms with Gasteiger partial charge in [-0.1, -0.05) is 0 Å².